The Balaban J connectivity index is 1.35. The van der Waals surface area contributed by atoms with Crippen molar-refractivity contribution in [3.05, 3.63) is 53.6 Å². The van der Waals surface area contributed by atoms with E-state index in [-0.39, 0.29) is 30.1 Å². The van der Waals surface area contributed by atoms with Crippen molar-refractivity contribution < 1.29 is 9.59 Å². The highest BCUT2D eigenvalue weighted by Crippen LogP contribution is 2.28. The molecule has 2 amide bonds. The fourth-order valence-corrected chi connectivity index (χ4v) is 3.63. The molecule has 3 aromatic rings. The van der Waals surface area contributed by atoms with E-state index in [0.717, 1.165) is 5.56 Å². The Morgan fingerprint density at radius 3 is 2.79 bits per heavy atom. The molecule has 2 aromatic heterocycles. The number of hydrogen-bond donors (Lipinski definition) is 2. The second-order valence-corrected chi connectivity index (χ2v) is 7.58. The third-order valence-electron chi connectivity index (χ3n) is 5.05. The van der Waals surface area contributed by atoms with Crippen LogP contribution in [0.5, 0.6) is 0 Å². The van der Waals surface area contributed by atoms with Crippen molar-refractivity contribution >= 4 is 34.9 Å². The smallest absolute Gasteiger partial charge is 0.243 e. The topological polar surface area (TPSA) is 105 Å². The summed E-state index contributed by atoms with van der Waals surface area (Å²) in [5, 5.41) is 8.62. The molecule has 29 heavy (non-hydrogen) atoms. The van der Waals surface area contributed by atoms with Crippen molar-refractivity contribution in [1.82, 2.24) is 30.4 Å². The summed E-state index contributed by atoms with van der Waals surface area (Å²) in [5.74, 6) is -0.0150. The molecular weight excluding hydrogens is 394 g/mol. The number of fused-ring (bicyclic) bond motifs is 1. The predicted molar refractivity (Wildman–Crippen MR) is 107 cm³/mol. The molecule has 4 rings (SSSR count). The van der Waals surface area contributed by atoms with Crippen LogP contribution in [0.2, 0.25) is 5.02 Å². The first-order chi connectivity index (χ1) is 14.0. The molecule has 1 aliphatic heterocycles. The van der Waals surface area contributed by atoms with E-state index in [1.54, 1.807) is 47.4 Å². The zero-order valence-corrected chi connectivity index (χ0v) is 16.5. The van der Waals surface area contributed by atoms with Gasteiger partial charge in [0.25, 0.3) is 0 Å². The van der Waals surface area contributed by atoms with Crippen LogP contribution >= 0.6 is 11.6 Å². The average molecular weight is 414 g/mol. The Labute approximate surface area is 172 Å². The van der Waals surface area contributed by atoms with Crippen molar-refractivity contribution in [3.63, 3.8) is 0 Å². The van der Waals surface area contributed by atoms with Gasteiger partial charge in [0.2, 0.25) is 17.5 Å². The minimum absolute atomic E-state index is 0.0909. The Morgan fingerprint density at radius 2 is 2.00 bits per heavy atom. The maximum Gasteiger partial charge on any atom is 0.243 e. The van der Waals surface area contributed by atoms with E-state index in [1.807, 2.05) is 11.8 Å². The van der Waals surface area contributed by atoms with Gasteiger partial charge in [-0.05, 0) is 23.6 Å². The average Bonchev–Trinajstić information content (AvgIpc) is 3.34. The number of hydrogen-bond acceptors (Lipinski definition) is 6. The van der Waals surface area contributed by atoms with Crippen LogP contribution in [-0.4, -0.2) is 44.5 Å². The van der Waals surface area contributed by atoms with Gasteiger partial charge < -0.3 is 4.90 Å². The van der Waals surface area contributed by atoms with E-state index in [2.05, 4.69) is 26.0 Å². The zero-order valence-electron chi connectivity index (χ0n) is 15.7. The fraction of sp³-hybridized carbons (Fsp3) is 0.316. The molecule has 1 aromatic carbocycles. The third-order valence-corrected chi connectivity index (χ3v) is 5.30. The number of amides is 2. The number of benzene rings is 1. The highest BCUT2D eigenvalue weighted by atomic mass is 35.5. The van der Waals surface area contributed by atoms with Gasteiger partial charge in [-0.15, -0.1) is 10.2 Å². The summed E-state index contributed by atoms with van der Waals surface area (Å²) in [6.07, 6.45) is 5.22. The second-order valence-electron chi connectivity index (χ2n) is 7.14. The summed E-state index contributed by atoms with van der Waals surface area (Å²) in [6.45, 7) is 3.15. The number of carbonyl (C=O) groups is 2. The quantitative estimate of drug-likeness (QED) is 0.623. The van der Waals surface area contributed by atoms with Gasteiger partial charge in [0.15, 0.2) is 5.82 Å². The predicted octanol–water partition coefficient (Wildman–Crippen LogP) is 1.24. The number of anilines is 1. The first kappa shape index (κ1) is 19.1. The lowest BCUT2D eigenvalue weighted by molar-refractivity contribution is -0.131. The number of halogens is 1. The highest BCUT2D eigenvalue weighted by molar-refractivity contribution is 6.30. The maximum absolute atomic E-state index is 12.6. The molecule has 1 aliphatic rings. The molecule has 1 saturated heterocycles. The largest absolute Gasteiger partial charge is 0.352 e. The highest BCUT2D eigenvalue weighted by Gasteiger charge is 2.36. The lowest BCUT2D eigenvalue weighted by atomic mass is 9.98. The fourth-order valence-electron chi connectivity index (χ4n) is 3.51. The summed E-state index contributed by atoms with van der Waals surface area (Å²) in [7, 11) is 0. The van der Waals surface area contributed by atoms with Crippen LogP contribution in [0.4, 0.5) is 5.82 Å². The summed E-state index contributed by atoms with van der Waals surface area (Å²) in [6, 6.07) is 7.00. The van der Waals surface area contributed by atoms with E-state index in [0.29, 0.717) is 29.6 Å². The van der Waals surface area contributed by atoms with Gasteiger partial charge in [0.05, 0.1) is 12.3 Å². The minimum Gasteiger partial charge on any atom is -0.352 e. The van der Waals surface area contributed by atoms with Gasteiger partial charge in [0.1, 0.15) is 6.33 Å². The first-order valence-corrected chi connectivity index (χ1v) is 9.61. The summed E-state index contributed by atoms with van der Waals surface area (Å²) < 4.78 is 1.79. The molecule has 2 atom stereocenters. The Morgan fingerprint density at radius 1 is 1.21 bits per heavy atom. The molecule has 0 radical (unpaired) electrons. The van der Waals surface area contributed by atoms with E-state index >= 15 is 0 Å². The van der Waals surface area contributed by atoms with E-state index in [1.165, 1.54) is 0 Å². The number of rotatable bonds is 4. The van der Waals surface area contributed by atoms with Crippen LogP contribution in [0.1, 0.15) is 12.5 Å². The number of hydrazine groups is 1. The zero-order chi connectivity index (χ0) is 20.4. The molecular formula is C19H20ClN7O2. The number of nitrogens with one attached hydrogen (secondary N) is 2. The van der Waals surface area contributed by atoms with Crippen molar-refractivity contribution in [3.8, 4) is 0 Å². The molecule has 0 unspecified atom stereocenters. The summed E-state index contributed by atoms with van der Waals surface area (Å²) in [4.78, 5) is 31.2. The van der Waals surface area contributed by atoms with Crippen LogP contribution in [0.15, 0.2) is 43.0 Å². The van der Waals surface area contributed by atoms with Crippen molar-refractivity contribution in [1.29, 1.82) is 0 Å². The van der Waals surface area contributed by atoms with E-state index < -0.39 is 0 Å². The molecule has 0 bridgehead atoms. The van der Waals surface area contributed by atoms with E-state index in [9.17, 15) is 9.59 Å². The lowest BCUT2D eigenvalue weighted by Gasteiger charge is -2.17. The van der Waals surface area contributed by atoms with Crippen molar-refractivity contribution in [2.75, 3.05) is 18.0 Å². The molecule has 150 valence electrons. The Bertz CT molecular complexity index is 1040. The standard InChI is InChI=1S/C19H20ClN7O2/c1-12-9-27(17-18-24-22-11-26(18)7-6-21-17)10-15(12)19(29)25-23-16(28)8-13-2-4-14(20)5-3-13/h2-7,11-12,15H,8-10H2,1H3,(H,23,28)(H,25,29)/t12-,15+/m1/s1. The Kier molecular flexibility index (Phi) is 5.30. The van der Waals surface area contributed by atoms with Gasteiger partial charge in [0, 0.05) is 30.5 Å². The van der Waals surface area contributed by atoms with Gasteiger partial charge in [-0.3, -0.25) is 24.8 Å². The molecule has 0 spiro atoms. The minimum atomic E-state index is -0.293. The normalized spacial score (nSPS) is 18.8. The van der Waals surface area contributed by atoms with Gasteiger partial charge in [-0.25, -0.2) is 4.98 Å². The molecule has 3 heterocycles. The van der Waals surface area contributed by atoms with Crippen molar-refractivity contribution in [2.45, 2.75) is 13.3 Å². The molecule has 1 fully saturated rings. The Hall–Kier alpha value is -3.20. The van der Waals surface area contributed by atoms with E-state index in [4.69, 9.17) is 11.6 Å². The molecule has 0 aliphatic carbocycles. The molecule has 2 N–H and O–H groups in total. The number of nitrogens with zero attached hydrogens (tertiary/aromatic N) is 5. The summed E-state index contributed by atoms with van der Waals surface area (Å²) >= 11 is 5.84. The van der Waals surface area contributed by atoms with Crippen LogP contribution < -0.4 is 15.8 Å². The second kappa shape index (κ2) is 8.04. The van der Waals surface area contributed by atoms with Crippen LogP contribution in [0, 0.1) is 11.8 Å². The van der Waals surface area contributed by atoms with Gasteiger partial charge in [-0.2, -0.15) is 0 Å². The van der Waals surface area contributed by atoms with Crippen LogP contribution in [0.3, 0.4) is 0 Å². The summed E-state index contributed by atoms with van der Waals surface area (Å²) in [5.41, 5.74) is 6.50. The SMILES string of the molecule is C[C@@H]1CN(c2nccn3cnnc23)C[C@@H]1C(=O)NNC(=O)Cc1ccc(Cl)cc1. The number of aromatic nitrogens is 4. The monoisotopic (exact) mass is 413 g/mol. The first-order valence-electron chi connectivity index (χ1n) is 9.23. The third kappa shape index (κ3) is 4.14. The molecule has 0 saturated carbocycles. The van der Waals surface area contributed by atoms with Crippen LogP contribution in [0.25, 0.3) is 5.65 Å². The van der Waals surface area contributed by atoms with Gasteiger partial charge in [-0.1, -0.05) is 30.7 Å². The number of carbonyl (C=O) groups excluding carboxylic acids is 2. The van der Waals surface area contributed by atoms with Crippen LogP contribution in [-0.2, 0) is 16.0 Å². The van der Waals surface area contributed by atoms with Crippen molar-refractivity contribution in [2.24, 2.45) is 11.8 Å². The maximum atomic E-state index is 12.6. The van der Waals surface area contributed by atoms with Gasteiger partial charge >= 0.3 is 0 Å². The lowest BCUT2D eigenvalue weighted by Crippen LogP contribution is -2.46. The molecule has 10 heteroatoms. The molecule has 9 nitrogen and oxygen atoms in total.